The van der Waals surface area contributed by atoms with Crippen LogP contribution in [0, 0.1) is 0 Å². The van der Waals surface area contributed by atoms with Gasteiger partial charge >= 0.3 is 0 Å². The first-order valence-corrected chi connectivity index (χ1v) is 5.69. The van der Waals surface area contributed by atoms with Crippen LogP contribution < -0.4 is 16.4 Å². The number of nitrogens with one attached hydrogen (secondary N) is 2. The van der Waals surface area contributed by atoms with Gasteiger partial charge in [0.25, 0.3) is 0 Å². The van der Waals surface area contributed by atoms with Crippen molar-refractivity contribution in [2.45, 2.75) is 6.54 Å². The lowest BCUT2D eigenvalue weighted by Gasteiger charge is -2.06. The van der Waals surface area contributed by atoms with Gasteiger partial charge in [0.15, 0.2) is 0 Å². The second-order valence-corrected chi connectivity index (χ2v) is 3.66. The van der Waals surface area contributed by atoms with E-state index in [1.165, 1.54) is 5.56 Å². The topological polar surface area (TPSA) is 50.1 Å². The van der Waals surface area contributed by atoms with Gasteiger partial charge < -0.3 is 16.4 Å². The molecule has 4 N–H and O–H groups in total. The molecule has 0 atom stereocenters. The molecule has 0 amide bonds. The summed E-state index contributed by atoms with van der Waals surface area (Å²) >= 11 is 0. The summed E-state index contributed by atoms with van der Waals surface area (Å²) in [7, 11) is 0. The Balaban J connectivity index is -0.000000853. The molecule has 0 aliphatic heterocycles. The van der Waals surface area contributed by atoms with E-state index in [2.05, 4.69) is 41.5 Å². The van der Waals surface area contributed by atoms with Crippen molar-refractivity contribution in [3.8, 4) is 0 Å². The lowest BCUT2D eigenvalue weighted by atomic mass is 10.1. The largest absolute Gasteiger partial charge is 0.329 e. The van der Waals surface area contributed by atoms with Crippen LogP contribution in [0.1, 0.15) is 11.1 Å². The predicted octanol–water partition coefficient (Wildman–Crippen LogP) is 2.23. The summed E-state index contributed by atoms with van der Waals surface area (Å²) in [4.78, 5) is 0. The second kappa shape index (κ2) is 15.8. The molecule has 3 nitrogen and oxygen atoms in total. The zero-order valence-electron chi connectivity index (χ0n) is 10.9. The maximum Gasteiger partial charge on any atom is 0.0206 e. The highest BCUT2D eigenvalue weighted by atomic mass is 35.5. The van der Waals surface area contributed by atoms with Gasteiger partial charge in [-0.3, -0.25) is 0 Å². The van der Waals surface area contributed by atoms with Gasteiger partial charge in [-0.1, -0.05) is 36.9 Å². The first kappa shape index (κ1) is 23.8. The first-order valence-electron chi connectivity index (χ1n) is 5.69. The van der Waals surface area contributed by atoms with Gasteiger partial charge in [0.05, 0.1) is 0 Å². The Morgan fingerprint density at radius 3 is 2.05 bits per heavy atom. The quantitative estimate of drug-likeness (QED) is 0.641. The van der Waals surface area contributed by atoms with Gasteiger partial charge in [0.2, 0.25) is 0 Å². The van der Waals surface area contributed by atoms with Crippen LogP contribution in [-0.4, -0.2) is 26.2 Å². The molecule has 1 rings (SSSR count). The van der Waals surface area contributed by atoms with E-state index in [-0.39, 0.29) is 37.2 Å². The monoisotopic (exact) mass is 327 g/mol. The van der Waals surface area contributed by atoms with E-state index >= 15 is 0 Å². The van der Waals surface area contributed by atoms with Crippen molar-refractivity contribution in [1.82, 2.24) is 10.6 Å². The molecule has 6 heteroatoms. The molecule has 0 saturated heterocycles. The van der Waals surface area contributed by atoms with E-state index in [1.54, 1.807) is 0 Å². The maximum atomic E-state index is 5.37. The minimum Gasteiger partial charge on any atom is -0.329 e. The van der Waals surface area contributed by atoms with Crippen molar-refractivity contribution in [3.63, 3.8) is 0 Å². The van der Waals surface area contributed by atoms with Crippen molar-refractivity contribution >= 4 is 43.3 Å². The normalized spacial score (nSPS) is 8.68. The first-order chi connectivity index (χ1) is 7.86. The number of rotatable bonds is 8. The van der Waals surface area contributed by atoms with Gasteiger partial charge in [-0.2, -0.15) is 0 Å². The highest BCUT2D eigenvalue weighted by Crippen LogP contribution is 2.04. The molecular formula is C13H24Cl3N3. The molecule has 0 saturated carbocycles. The van der Waals surface area contributed by atoms with Gasteiger partial charge in [-0.25, -0.2) is 0 Å². The zero-order valence-corrected chi connectivity index (χ0v) is 13.4. The summed E-state index contributed by atoms with van der Waals surface area (Å²) in [6.45, 7) is 8.14. The van der Waals surface area contributed by atoms with Gasteiger partial charge in [0.1, 0.15) is 0 Å². The van der Waals surface area contributed by atoms with Crippen molar-refractivity contribution < 1.29 is 0 Å². The lowest BCUT2D eigenvalue weighted by molar-refractivity contribution is 0.615. The van der Waals surface area contributed by atoms with Crippen molar-refractivity contribution in [3.05, 3.63) is 42.0 Å². The lowest BCUT2D eigenvalue weighted by Crippen LogP contribution is -2.30. The van der Waals surface area contributed by atoms with Gasteiger partial charge in [0, 0.05) is 32.7 Å². The van der Waals surface area contributed by atoms with Crippen molar-refractivity contribution in [2.75, 3.05) is 26.2 Å². The minimum absolute atomic E-state index is 0. The average molecular weight is 329 g/mol. The molecule has 0 bridgehead atoms. The molecule has 1 aromatic carbocycles. The SMILES string of the molecule is C=Cc1ccc(CNCCNCCN)cc1.Cl.Cl.Cl. The van der Waals surface area contributed by atoms with E-state index in [0.29, 0.717) is 6.54 Å². The fourth-order valence-corrected chi connectivity index (χ4v) is 1.41. The Hall–Kier alpha value is -0.290. The third-order valence-corrected chi connectivity index (χ3v) is 2.34. The van der Waals surface area contributed by atoms with E-state index in [9.17, 15) is 0 Å². The smallest absolute Gasteiger partial charge is 0.0206 e. The van der Waals surface area contributed by atoms with E-state index in [1.807, 2.05) is 6.08 Å². The molecule has 1 aromatic rings. The standard InChI is InChI=1S/C13H21N3.3ClH/c1-2-12-3-5-13(6-4-12)11-16-10-9-15-8-7-14;;;/h2-6,15-16H,1,7-11,14H2;3*1H. The molecule has 19 heavy (non-hydrogen) atoms. The van der Waals surface area contributed by atoms with Crippen molar-refractivity contribution in [2.24, 2.45) is 5.73 Å². The maximum absolute atomic E-state index is 5.37. The van der Waals surface area contributed by atoms with Crippen LogP contribution in [-0.2, 0) is 6.54 Å². The summed E-state index contributed by atoms with van der Waals surface area (Å²) in [6, 6.07) is 8.40. The third-order valence-electron chi connectivity index (χ3n) is 2.34. The number of benzene rings is 1. The molecule has 0 spiro atoms. The predicted molar refractivity (Wildman–Crippen MR) is 91.9 cm³/mol. The Bertz CT molecular complexity index is 305. The molecule has 0 fully saturated rings. The molecule has 0 unspecified atom stereocenters. The summed E-state index contributed by atoms with van der Waals surface area (Å²) in [5.74, 6) is 0. The molecule has 0 heterocycles. The molecule has 0 radical (unpaired) electrons. The van der Waals surface area contributed by atoms with Gasteiger partial charge in [-0.05, 0) is 11.1 Å². The van der Waals surface area contributed by atoms with E-state index in [4.69, 9.17) is 5.73 Å². The second-order valence-electron chi connectivity index (χ2n) is 3.66. The molecule has 112 valence electrons. The van der Waals surface area contributed by atoms with Crippen molar-refractivity contribution in [1.29, 1.82) is 0 Å². The van der Waals surface area contributed by atoms with Crippen LogP contribution in [0.2, 0.25) is 0 Å². The molecule has 0 aliphatic carbocycles. The summed E-state index contributed by atoms with van der Waals surface area (Å²) in [5, 5.41) is 6.61. The molecule has 0 aliphatic rings. The Labute approximate surface area is 134 Å². The highest BCUT2D eigenvalue weighted by molar-refractivity contribution is 5.86. The summed E-state index contributed by atoms with van der Waals surface area (Å²) in [5.41, 5.74) is 7.83. The highest BCUT2D eigenvalue weighted by Gasteiger charge is 1.92. The molecular weight excluding hydrogens is 305 g/mol. The summed E-state index contributed by atoms with van der Waals surface area (Å²) < 4.78 is 0. The Morgan fingerprint density at radius 1 is 0.947 bits per heavy atom. The van der Waals surface area contributed by atoms with Crippen LogP contribution in [0.5, 0.6) is 0 Å². The average Bonchev–Trinajstić information content (AvgIpc) is 2.34. The van der Waals surface area contributed by atoms with E-state index < -0.39 is 0 Å². The fourth-order valence-electron chi connectivity index (χ4n) is 1.41. The van der Waals surface area contributed by atoms with Crippen LogP contribution in [0.15, 0.2) is 30.8 Å². The number of nitrogens with two attached hydrogens (primary N) is 1. The van der Waals surface area contributed by atoms with Crippen LogP contribution in [0.25, 0.3) is 6.08 Å². The fraction of sp³-hybridized carbons (Fsp3) is 0.385. The number of halogens is 3. The van der Waals surface area contributed by atoms with Crippen LogP contribution in [0.4, 0.5) is 0 Å². The number of hydrogen-bond acceptors (Lipinski definition) is 3. The Kier molecular flexibility index (Phi) is 19.7. The van der Waals surface area contributed by atoms with Crippen LogP contribution >= 0.6 is 37.2 Å². The number of hydrogen-bond donors (Lipinski definition) is 3. The third kappa shape index (κ3) is 11.3. The van der Waals surface area contributed by atoms with E-state index in [0.717, 1.165) is 31.7 Å². The Morgan fingerprint density at radius 2 is 1.53 bits per heavy atom. The van der Waals surface area contributed by atoms with Crippen LogP contribution in [0.3, 0.4) is 0 Å². The minimum atomic E-state index is 0. The van der Waals surface area contributed by atoms with Gasteiger partial charge in [-0.15, -0.1) is 37.2 Å². The molecule has 0 aromatic heterocycles. The zero-order chi connectivity index (χ0) is 11.6. The summed E-state index contributed by atoms with van der Waals surface area (Å²) in [6.07, 6.45) is 1.86.